The van der Waals surface area contributed by atoms with Crippen LogP contribution in [0.2, 0.25) is 0 Å². The van der Waals surface area contributed by atoms with Crippen LogP contribution in [0.5, 0.6) is 0 Å². The number of rotatable bonds is 4. The number of hydrogen-bond acceptors (Lipinski definition) is 4. The topological polar surface area (TPSA) is 73.7 Å². The predicted octanol–water partition coefficient (Wildman–Crippen LogP) is 3.18. The lowest BCUT2D eigenvalue weighted by molar-refractivity contribution is -0.192. The number of carboxylic acids is 1. The van der Waals surface area contributed by atoms with E-state index in [4.69, 9.17) is 9.90 Å². The molecule has 2 saturated carbocycles. The van der Waals surface area contributed by atoms with Crippen LogP contribution in [-0.2, 0) is 16.1 Å². The SMILES string of the molecule is CN(Cc1cccnc1)C1CCC[C@@H]2CN(C(=O)C3CC3)C[C@H]12.O=C(O)C(F)(F)F. The van der Waals surface area contributed by atoms with Crippen LogP contribution >= 0.6 is 0 Å². The summed E-state index contributed by atoms with van der Waals surface area (Å²) in [5.41, 5.74) is 1.28. The third-order valence-corrected chi connectivity index (χ3v) is 6.26. The smallest absolute Gasteiger partial charge is 0.475 e. The maximum absolute atomic E-state index is 12.4. The zero-order valence-electron chi connectivity index (χ0n) is 17.0. The Morgan fingerprint density at radius 2 is 1.93 bits per heavy atom. The van der Waals surface area contributed by atoms with Gasteiger partial charge in [0.15, 0.2) is 0 Å². The molecular weight excluding hydrogens is 399 g/mol. The lowest BCUT2D eigenvalue weighted by Gasteiger charge is -2.39. The summed E-state index contributed by atoms with van der Waals surface area (Å²) in [6.45, 7) is 2.96. The summed E-state index contributed by atoms with van der Waals surface area (Å²) >= 11 is 0. The number of likely N-dealkylation sites (tertiary alicyclic amines) is 1. The molecule has 1 N–H and O–H groups in total. The number of fused-ring (bicyclic) bond motifs is 1. The van der Waals surface area contributed by atoms with Gasteiger partial charge in [-0.2, -0.15) is 13.2 Å². The Hall–Kier alpha value is -2.16. The van der Waals surface area contributed by atoms with Crippen LogP contribution in [0.25, 0.3) is 0 Å². The summed E-state index contributed by atoms with van der Waals surface area (Å²) in [5.74, 6) is -0.580. The lowest BCUT2D eigenvalue weighted by Crippen LogP contribution is -2.43. The number of amides is 1. The third-order valence-electron chi connectivity index (χ3n) is 6.26. The molecule has 0 aromatic carbocycles. The first-order valence-corrected chi connectivity index (χ1v) is 10.3. The lowest BCUT2D eigenvalue weighted by atomic mass is 9.77. The highest BCUT2D eigenvalue weighted by atomic mass is 19.4. The van der Waals surface area contributed by atoms with Gasteiger partial charge in [0.25, 0.3) is 0 Å². The molecule has 3 aliphatic rings. The van der Waals surface area contributed by atoms with Crippen molar-refractivity contribution in [2.75, 3.05) is 20.1 Å². The number of nitrogens with zero attached hydrogens (tertiary/aromatic N) is 3. The van der Waals surface area contributed by atoms with Crippen LogP contribution in [0.1, 0.15) is 37.7 Å². The van der Waals surface area contributed by atoms with Crippen molar-refractivity contribution in [3.05, 3.63) is 30.1 Å². The summed E-state index contributed by atoms with van der Waals surface area (Å²) in [4.78, 5) is 30.2. The number of alkyl halides is 3. The molecule has 3 atom stereocenters. The van der Waals surface area contributed by atoms with Crippen LogP contribution in [-0.4, -0.2) is 64.1 Å². The number of aromatic nitrogens is 1. The number of carboxylic acid groups (broad SMARTS) is 1. The molecule has 9 heteroatoms. The zero-order chi connectivity index (χ0) is 21.9. The normalized spacial score (nSPS) is 26.0. The number of hydrogen-bond donors (Lipinski definition) is 1. The maximum Gasteiger partial charge on any atom is 0.490 e. The molecule has 0 spiro atoms. The van der Waals surface area contributed by atoms with Gasteiger partial charge in [0.1, 0.15) is 0 Å². The highest BCUT2D eigenvalue weighted by molar-refractivity contribution is 5.81. The van der Waals surface area contributed by atoms with Crippen molar-refractivity contribution in [1.29, 1.82) is 0 Å². The quantitative estimate of drug-likeness (QED) is 0.799. The Labute approximate surface area is 174 Å². The first kappa shape index (κ1) is 22.5. The Morgan fingerprint density at radius 3 is 2.50 bits per heavy atom. The highest BCUT2D eigenvalue weighted by Crippen LogP contribution is 2.41. The summed E-state index contributed by atoms with van der Waals surface area (Å²) in [6, 6.07) is 4.77. The molecular formula is C21H28F3N3O3. The molecule has 166 valence electrons. The second-order valence-electron chi connectivity index (χ2n) is 8.52. The van der Waals surface area contributed by atoms with Gasteiger partial charge in [-0.15, -0.1) is 0 Å². The van der Waals surface area contributed by atoms with E-state index in [0.717, 1.165) is 32.5 Å². The first-order valence-electron chi connectivity index (χ1n) is 10.3. The molecule has 1 aliphatic heterocycles. The van der Waals surface area contributed by atoms with E-state index in [9.17, 15) is 18.0 Å². The van der Waals surface area contributed by atoms with Gasteiger partial charge in [-0.3, -0.25) is 14.7 Å². The second kappa shape index (κ2) is 9.32. The largest absolute Gasteiger partial charge is 0.490 e. The average Bonchev–Trinajstić information content (AvgIpc) is 3.45. The van der Waals surface area contributed by atoms with Crippen LogP contribution < -0.4 is 0 Å². The van der Waals surface area contributed by atoms with Gasteiger partial charge in [0.2, 0.25) is 5.91 Å². The van der Waals surface area contributed by atoms with Crippen molar-refractivity contribution < 1.29 is 27.9 Å². The minimum Gasteiger partial charge on any atom is -0.475 e. The first-order chi connectivity index (χ1) is 14.2. The maximum atomic E-state index is 12.4. The summed E-state index contributed by atoms with van der Waals surface area (Å²) < 4.78 is 31.7. The van der Waals surface area contributed by atoms with E-state index >= 15 is 0 Å². The molecule has 1 unspecified atom stereocenters. The van der Waals surface area contributed by atoms with E-state index in [1.54, 1.807) is 0 Å². The average molecular weight is 427 g/mol. The van der Waals surface area contributed by atoms with Gasteiger partial charge in [-0.25, -0.2) is 4.79 Å². The number of carbonyl (C=O) groups excluding carboxylic acids is 1. The van der Waals surface area contributed by atoms with Crippen molar-refractivity contribution in [2.45, 2.75) is 50.9 Å². The molecule has 0 bridgehead atoms. The minimum atomic E-state index is -5.08. The van der Waals surface area contributed by atoms with Crippen molar-refractivity contribution in [1.82, 2.24) is 14.8 Å². The van der Waals surface area contributed by atoms with Gasteiger partial charge >= 0.3 is 12.1 Å². The molecule has 0 radical (unpaired) electrons. The molecule has 2 heterocycles. The molecule has 6 nitrogen and oxygen atoms in total. The van der Waals surface area contributed by atoms with Crippen molar-refractivity contribution in [3.63, 3.8) is 0 Å². The molecule has 3 fully saturated rings. The number of carbonyl (C=O) groups is 2. The monoisotopic (exact) mass is 427 g/mol. The third kappa shape index (κ3) is 5.71. The Bertz CT molecular complexity index is 740. The molecule has 2 aliphatic carbocycles. The second-order valence-corrected chi connectivity index (χ2v) is 8.52. The molecule has 1 amide bonds. The molecule has 4 rings (SSSR count). The fourth-order valence-corrected chi connectivity index (χ4v) is 4.65. The van der Waals surface area contributed by atoms with E-state index in [0.29, 0.717) is 29.7 Å². The predicted molar refractivity (Wildman–Crippen MR) is 103 cm³/mol. The van der Waals surface area contributed by atoms with Crippen LogP contribution in [0.4, 0.5) is 13.2 Å². The van der Waals surface area contributed by atoms with E-state index in [2.05, 4.69) is 27.9 Å². The Kier molecular flexibility index (Phi) is 7.00. The standard InChI is InChI=1S/C19H27N3O.C2HF3O2/c1-21(11-14-4-3-9-20-10-14)18-6-2-5-16-12-22(13-17(16)18)19(23)15-7-8-15;3-2(4,5)1(6)7/h3-4,9-10,15-18H,2,5-8,11-13H2,1H3;(H,6,7)/t16-,17+,18?;/m1./s1. The van der Waals surface area contributed by atoms with Crippen LogP contribution in [0.3, 0.4) is 0 Å². The minimum absolute atomic E-state index is 0.363. The van der Waals surface area contributed by atoms with E-state index in [1.165, 1.54) is 24.8 Å². The number of aliphatic carboxylic acids is 1. The van der Waals surface area contributed by atoms with Gasteiger partial charge in [0.05, 0.1) is 0 Å². The van der Waals surface area contributed by atoms with Crippen LogP contribution in [0, 0.1) is 17.8 Å². The van der Waals surface area contributed by atoms with E-state index in [1.807, 2.05) is 18.5 Å². The van der Waals surface area contributed by atoms with Gasteiger partial charge in [0, 0.05) is 44.0 Å². The molecule has 1 aromatic rings. The van der Waals surface area contributed by atoms with E-state index < -0.39 is 12.1 Å². The van der Waals surface area contributed by atoms with E-state index in [-0.39, 0.29) is 0 Å². The van der Waals surface area contributed by atoms with Crippen molar-refractivity contribution in [2.24, 2.45) is 17.8 Å². The van der Waals surface area contributed by atoms with Gasteiger partial charge < -0.3 is 10.0 Å². The zero-order valence-corrected chi connectivity index (χ0v) is 17.0. The molecule has 1 aromatic heterocycles. The fraction of sp³-hybridized carbons (Fsp3) is 0.667. The van der Waals surface area contributed by atoms with Crippen LogP contribution in [0.15, 0.2) is 24.5 Å². The Morgan fingerprint density at radius 1 is 1.23 bits per heavy atom. The highest BCUT2D eigenvalue weighted by Gasteiger charge is 2.45. The Balaban J connectivity index is 0.000000318. The number of halogens is 3. The van der Waals surface area contributed by atoms with Crippen molar-refractivity contribution >= 4 is 11.9 Å². The fourth-order valence-electron chi connectivity index (χ4n) is 4.65. The number of pyridine rings is 1. The van der Waals surface area contributed by atoms with Gasteiger partial charge in [-0.05, 0) is 56.2 Å². The van der Waals surface area contributed by atoms with Gasteiger partial charge in [-0.1, -0.05) is 12.5 Å². The summed E-state index contributed by atoms with van der Waals surface area (Å²) in [5, 5.41) is 7.12. The molecule has 1 saturated heterocycles. The summed E-state index contributed by atoms with van der Waals surface area (Å²) in [7, 11) is 2.24. The molecule has 30 heavy (non-hydrogen) atoms. The van der Waals surface area contributed by atoms with Crippen molar-refractivity contribution in [3.8, 4) is 0 Å². The summed E-state index contributed by atoms with van der Waals surface area (Å²) in [6.07, 6.45) is 4.82.